The molecule has 3 aliphatic rings. The molecule has 136 valence electrons. The third-order valence-corrected chi connectivity index (χ3v) is 6.57. The highest BCUT2D eigenvalue weighted by molar-refractivity contribution is 5.87. The summed E-state index contributed by atoms with van der Waals surface area (Å²) in [4.78, 5) is 17.9. The number of carbonyl (C=O) groups is 1. The van der Waals surface area contributed by atoms with Crippen molar-refractivity contribution in [2.45, 2.75) is 44.1 Å². The monoisotopic (exact) mass is 342 g/mol. The summed E-state index contributed by atoms with van der Waals surface area (Å²) in [6, 6.07) is 10.4. The number of benzene rings is 1. The fourth-order valence-electron chi connectivity index (χ4n) is 5.15. The zero-order valence-electron chi connectivity index (χ0n) is 15.3. The van der Waals surface area contributed by atoms with Gasteiger partial charge in [-0.1, -0.05) is 30.3 Å². The van der Waals surface area contributed by atoms with Crippen LogP contribution in [0.15, 0.2) is 30.3 Å². The number of ether oxygens (including phenoxy) is 1. The van der Waals surface area contributed by atoms with Crippen molar-refractivity contribution in [2.75, 3.05) is 39.4 Å². The Kier molecular flexibility index (Phi) is 4.83. The maximum atomic E-state index is 13.1. The first-order valence-electron chi connectivity index (χ1n) is 9.88. The Morgan fingerprint density at radius 1 is 1.20 bits per heavy atom. The van der Waals surface area contributed by atoms with E-state index in [1.165, 1.54) is 12.0 Å². The van der Waals surface area contributed by atoms with E-state index < -0.39 is 0 Å². The Labute approximate surface area is 151 Å². The van der Waals surface area contributed by atoms with E-state index in [1.807, 2.05) is 6.07 Å². The zero-order chi connectivity index (χ0) is 17.3. The SMILES string of the molecule is CCN1C(=O)[C@@H](c2ccccc2)CC12CCN(C[C@H]1CCOC1)CC2. The molecule has 1 spiro atoms. The molecule has 4 nitrogen and oxygen atoms in total. The number of nitrogens with zero attached hydrogens (tertiary/aromatic N) is 2. The van der Waals surface area contributed by atoms with Crippen LogP contribution < -0.4 is 0 Å². The summed E-state index contributed by atoms with van der Waals surface area (Å²) in [6.45, 7) is 8.21. The third kappa shape index (κ3) is 3.22. The number of rotatable bonds is 4. The van der Waals surface area contributed by atoms with Crippen LogP contribution >= 0.6 is 0 Å². The summed E-state index contributed by atoms with van der Waals surface area (Å²) < 4.78 is 5.52. The number of likely N-dealkylation sites (tertiary alicyclic amines) is 2. The van der Waals surface area contributed by atoms with E-state index in [1.54, 1.807) is 0 Å². The predicted molar refractivity (Wildman–Crippen MR) is 98.5 cm³/mol. The maximum absolute atomic E-state index is 13.1. The Bertz CT molecular complexity index is 589. The van der Waals surface area contributed by atoms with Crippen molar-refractivity contribution < 1.29 is 9.53 Å². The molecule has 0 aromatic heterocycles. The van der Waals surface area contributed by atoms with E-state index in [0.717, 1.165) is 58.7 Å². The van der Waals surface area contributed by atoms with Crippen LogP contribution in [0, 0.1) is 5.92 Å². The largest absolute Gasteiger partial charge is 0.381 e. The molecular weight excluding hydrogens is 312 g/mol. The van der Waals surface area contributed by atoms with Gasteiger partial charge in [0.2, 0.25) is 5.91 Å². The first-order valence-corrected chi connectivity index (χ1v) is 9.88. The molecule has 25 heavy (non-hydrogen) atoms. The molecule has 0 bridgehead atoms. The Morgan fingerprint density at radius 2 is 1.96 bits per heavy atom. The van der Waals surface area contributed by atoms with Crippen molar-refractivity contribution >= 4 is 5.91 Å². The minimum atomic E-state index is 0.0518. The second-order valence-corrected chi connectivity index (χ2v) is 8.00. The van der Waals surface area contributed by atoms with Crippen molar-refractivity contribution in [1.29, 1.82) is 0 Å². The van der Waals surface area contributed by atoms with Crippen LogP contribution in [0.25, 0.3) is 0 Å². The molecule has 0 aliphatic carbocycles. The summed E-state index contributed by atoms with van der Waals surface area (Å²) in [7, 11) is 0. The van der Waals surface area contributed by atoms with Crippen molar-refractivity contribution in [3.05, 3.63) is 35.9 Å². The second kappa shape index (κ2) is 7.08. The van der Waals surface area contributed by atoms with E-state index in [9.17, 15) is 4.79 Å². The lowest BCUT2D eigenvalue weighted by Gasteiger charge is -2.45. The van der Waals surface area contributed by atoms with E-state index in [0.29, 0.717) is 11.8 Å². The van der Waals surface area contributed by atoms with Crippen LogP contribution in [0.3, 0.4) is 0 Å². The van der Waals surface area contributed by atoms with Crippen molar-refractivity contribution in [3.63, 3.8) is 0 Å². The number of piperidine rings is 1. The van der Waals surface area contributed by atoms with Crippen LogP contribution in [0.4, 0.5) is 0 Å². The molecule has 1 aromatic rings. The smallest absolute Gasteiger partial charge is 0.230 e. The molecule has 0 saturated carbocycles. The molecule has 3 heterocycles. The summed E-state index contributed by atoms with van der Waals surface area (Å²) in [5.41, 5.74) is 1.27. The molecule has 1 aromatic carbocycles. The molecule has 0 radical (unpaired) electrons. The van der Waals surface area contributed by atoms with Crippen LogP contribution in [-0.2, 0) is 9.53 Å². The van der Waals surface area contributed by atoms with Gasteiger partial charge in [0.25, 0.3) is 0 Å². The highest BCUT2D eigenvalue weighted by atomic mass is 16.5. The van der Waals surface area contributed by atoms with Crippen molar-refractivity contribution in [2.24, 2.45) is 5.92 Å². The van der Waals surface area contributed by atoms with Gasteiger partial charge in [-0.25, -0.2) is 0 Å². The number of carbonyl (C=O) groups excluding carboxylic acids is 1. The summed E-state index contributed by atoms with van der Waals surface area (Å²) in [5.74, 6) is 1.10. The fourth-order valence-corrected chi connectivity index (χ4v) is 5.15. The second-order valence-electron chi connectivity index (χ2n) is 8.00. The summed E-state index contributed by atoms with van der Waals surface area (Å²) in [6.07, 6.45) is 4.42. The standard InChI is InChI=1S/C21H30N2O2/c1-2-23-20(24)19(18-6-4-3-5-7-18)14-21(23)9-11-22(12-10-21)15-17-8-13-25-16-17/h3-7,17,19H,2,8-16H2,1H3/t17-,19-/m1/s1. The first-order chi connectivity index (χ1) is 12.2. The topological polar surface area (TPSA) is 32.8 Å². The minimum Gasteiger partial charge on any atom is -0.381 e. The average Bonchev–Trinajstić information content (AvgIpc) is 3.24. The average molecular weight is 342 g/mol. The molecule has 3 aliphatic heterocycles. The van der Waals surface area contributed by atoms with Crippen LogP contribution in [0.1, 0.15) is 44.1 Å². The van der Waals surface area contributed by atoms with Crippen LogP contribution in [-0.4, -0.2) is 60.6 Å². The van der Waals surface area contributed by atoms with Gasteiger partial charge in [0.15, 0.2) is 0 Å². The van der Waals surface area contributed by atoms with Gasteiger partial charge in [-0.3, -0.25) is 4.79 Å². The predicted octanol–water partition coefficient (Wildman–Crippen LogP) is 2.89. The maximum Gasteiger partial charge on any atom is 0.230 e. The molecule has 4 heteroatoms. The van der Waals surface area contributed by atoms with Gasteiger partial charge < -0.3 is 14.5 Å². The van der Waals surface area contributed by atoms with E-state index in [2.05, 4.69) is 41.0 Å². The van der Waals surface area contributed by atoms with Gasteiger partial charge in [-0.2, -0.15) is 0 Å². The van der Waals surface area contributed by atoms with Gasteiger partial charge in [-0.05, 0) is 44.1 Å². The molecule has 4 rings (SSSR count). The lowest BCUT2D eigenvalue weighted by atomic mass is 9.81. The van der Waals surface area contributed by atoms with Crippen LogP contribution in [0.5, 0.6) is 0 Å². The van der Waals surface area contributed by atoms with Gasteiger partial charge in [0, 0.05) is 38.3 Å². The van der Waals surface area contributed by atoms with E-state index in [-0.39, 0.29) is 11.5 Å². The fraction of sp³-hybridized carbons (Fsp3) is 0.667. The number of likely N-dealkylation sites (N-methyl/N-ethyl adjacent to an activating group) is 1. The van der Waals surface area contributed by atoms with Gasteiger partial charge in [0.1, 0.15) is 0 Å². The zero-order valence-corrected chi connectivity index (χ0v) is 15.3. The highest BCUT2D eigenvalue weighted by Crippen LogP contribution is 2.45. The minimum absolute atomic E-state index is 0.0518. The number of amides is 1. The molecule has 0 unspecified atom stereocenters. The van der Waals surface area contributed by atoms with Crippen molar-refractivity contribution in [3.8, 4) is 0 Å². The van der Waals surface area contributed by atoms with E-state index in [4.69, 9.17) is 4.74 Å². The molecule has 2 atom stereocenters. The number of hydrogen-bond donors (Lipinski definition) is 0. The molecule has 3 saturated heterocycles. The first kappa shape index (κ1) is 17.0. The summed E-state index contributed by atoms with van der Waals surface area (Å²) in [5, 5.41) is 0. The molecular formula is C21H30N2O2. The molecule has 0 N–H and O–H groups in total. The lowest BCUT2D eigenvalue weighted by Crippen LogP contribution is -2.53. The van der Waals surface area contributed by atoms with E-state index >= 15 is 0 Å². The van der Waals surface area contributed by atoms with Gasteiger partial charge in [-0.15, -0.1) is 0 Å². The normalized spacial score (nSPS) is 29.6. The van der Waals surface area contributed by atoms with Gasteiger partial charge in [0.05, 0.1) is 12.5 Å². The van der Waals surface area contributed by atoms with Crippen molar-refractivity contribution in [1.82, 2.24) is 9.80 Å². The van der Waals surface area contributed by atoms with Gasteiger partial charge >= 0.3 is 0 Å². The summed E-state index contributed by atoms with van der Waals surface area (Å²) >= 11 is 0. The third-order valence-electron chi connectivity index (χ3n) is 6.57. The molecule has 1 amide bonds. The number of hydrogen-bond acceptors (Lipinski definition) is 3. The quantitative estimate of drug-likeness (QED) is 0.843. The lowest BCUT2D eigenvalue weighted by molar-refractivity contribution is -0.133. The Hall–Kier alpha value is -1.39. The molecule has 3 fully saturated rings. The highest BCUT2D eigenvalue weighted by Gasteiger charge is 2.51. The Balaban J connectivity index is 1.45. The van der Waals surface area contributed by atoms with Crippen LogP contribution in [0.2, 0.25) is 0 Å². The Morgan fingerprint density at radius 3 is 2.60 bits per heavy atom.